The van der Waals surface area contributed by atoms with Gasteiger partial charge in [0.15, 0.2) is 0 Å². The molecule has 0 aliphatic heterocycles. The molecular formula is C14H11NO. The molecule has 0 radical (unpaired) electrons. The van der Waals surface area contributed by atoms with Gasteiger partial charge in [-0.15, -0.1) is 0 Å². The minimum atomic E-state index is -0.158. The van der Waals surface area contributed by atoms with E-state index < -0.39 is 0 Å². The Balaban J connectivity index is 2.34. The second kappa shape index (κ2) is 3.20. The second-order valence-electron chi connectivity index (χ2n) is 4.05. The number of nitrogens with two attached hydrogens (primary N) is 1. The molecule has 0 aromatic heterocycles. The largest absolute Gasteiger partial charge is 0.399 e. The van der Waals surface area contributed by atoms with Gasteiger partial charge in [-0.2, -0.15) is 0 Å². The molecule has 1 atom stereocenters. The monoisotopic (exact) mass is 209 g/mol. The predicted molar refractivity (Wildman–Crippen MR) is 64.2 cm³/mol. The molecule has 0 saturated carbocycles. The number of aldehydes is 1. The van der Waals surface area contributed by atoms with Gasteiger partial charge in [0.2, 0.25) is 0 Å². The van der Waals surface area contributed by atoms with Gasteiger partial charge in [-0.3, -0.25) is 0 Å². The molecule has 1 unspecified atom stereocenters. The summed E-state index contributed by atoms with van der Waals surface area (Å²) in [5, 5.41) is 0. The molecular weight excluding hydrogens is 198 g/mol. The smallest absolute Gasteiger partial charge is 0.131 e. The van der Waals surface area contributed by atoms with Crippen LogP contribution >= 0.6 is 0 Å². The topological polar surface area (TPSA) is 43.1 Å². The average molecular weight is 209 g/mol. The van der Waals surface area contributed by atoms with E-state index in [1.165, 1.54) is 0 Å². The summed E-state index contributed by atoms with van der Waals surface area (Å²) >= 11 is 0. The third kappa shape index (κ3) is 1.10. The van der Waals surface area contributed by atoms with E-state index in [1.807, 2.05) is 42.5 Å². The van der Waals surface area contributed by atoms with Crippen LogP contribution in [0.5, 0.6) is 0 Å². The molecule has 0 bridgehead atoms. The van der Waals surface area contributed by atoms with Gasteiger partial charge in [0.05, 0.1) is 5.92 Å². The first-order chi connectivity index (χ1) is 7.81. The number of hydrogen-bond acceptors (Lipinski definition) is 2. The normalized spacial score (nSPS) is 16.6. The summed E-state index contributed by atoms with van der Waals surface area (Å²) in [7, 11) is 0. The summed E-state index contributed by atoms with van der Waals surface area (Å²) < 4.78 is 0. The maximum absolute atomic E-state index is 11.2. The third-order valence-electron chi connectivity index (χ3n) is 3.13. The van der Waals surface area contributed by atoms with E-state index in [0.29, 0.717) is 5.69 Å². The van der Waals surface area contributed by atoms with Crippen molar-refractivity contribution in [1.29, 1.82) is 0 Å². The molecule has 3 rings (SSSR count). The molecule has 16 heavy (non-hydrogen) atoms. The van der Waals surface area contributed by atoms with Crippen molar-refractivity contribution in [2.45, 2.75) is 5.92 Å². The van der Waals surface area contributed by atoms with Crippen molar-refractivity contribution in [2.75, 3.05) is 5.73 Å². The molecule has 2 aromatic carbocycles. The first-order valence-electron chi connectivity index (χ1n) is 5.25. The fraction of sp³-hybridized carbons (Fsp3) is 0.0714. The van der Waals surface area contributed by atoms with E-state index in [-0.39, 0.29) is 5.92 Å². The Hall–Kier alpha value is -2.09. The quantitative estimate of drug-likeness (QED) is 0.579. The first kappa shape index (κ1) is 9.16. The summed E-state index contributed by atoms with van der Waals surface area (Å²) in [6.45, 7) is 0. The maximum Gasteiger partial charge on any atom is 0.131 e. The summed E-state index contributed by atoms with van der Waals surface area (Å²) in [4.78, 5) is 11.2. The van der Waals surface area contributed by atoms with Crippen molar-refractivity contribution in [3.8, 4) is 11.1 Å². The van der Waals surface area contributed by atoms with Crippen molar-refractivity contribution in [1.82, 2.24) is 0 Å². The predicted octanol–water partition coefficient (Wildman–Crippen LogP) is 2.58. The van der Waals surface area contributed by atoms with Gasteiger partial charge < -0.3 is 10.5 Å². The van der Waals surface area contributed by atoms with Gasteiger partial charge in [0, 0.05) is 5.69 Å². The lowest BCUT2D eigenvalue weighted by Gasteiger charge is -2.04. The molecule has 1 aliphatic carbocycles. The summed E-state index contributed by atoms with van der Waals surface area (Å²) in [5.74, 6) is -0.158. The van der Waals surface area contributed by atoms with E-state index >= 15 is 0 Å². The fourth-order valence-electron chi connectivity index (χ4n) is 2.41. The van der Waals surface area contributed by atoms with E-state index in [9.17, 15) is 4.79 Å². The molecule has 0 spiro atoms. The molecule has 78 valence electrons. The van der Waals surface area contributed by atoms with Gasteiger partial charge >= 0.3 is 0 Å². The highest BCUT2D eigenvalue weighted by atomic mass is 16.1. The number of nitrogen functional groups attached to an aromatic ring is 1. The standard InChI is InChI=1S/C14H11NO/c15-9-5-6-12-10-3-1-2-4-11(10)14(8-16)13(12)7-9/h1-8,14H,15H2. The lowest BCUT2D eigenvalue weighted by atomic mass is 9.98. The lowest BCUT2D eigenvalue weighted by molar-refractivity contribution is -0.108. The van der Waals surface area contributed by atoms with Gasteiger partial charge in [-0.25, -0.2) is 0 Å². The van der Waals surface area contributed by atoms with Crippen LogP contribution in [0.3, 0.4) is 0 Å². The van der Waals surface area contributed by atoms with Gasteiger partial charge in [0.25, 0.3) is 0 Å². The zero-order valence-corrected chi connectivity index (χ0v) is 8.68. The van der Waals surface area contributed by atoms with Crippen molar-refractivity contribution in [3.05, 3.63) is 53.6 Å². The fourth-order valence-corrected chi connectivity index (χ4v) is 2.41. The number of fused-ring (bicyclic) bond motifs is 3. The third-order valence-corrected chi connectivity index (χ3v) is 3.13. The number of hydrogen-bond donors (Lipinski definition) is 1. The van der Waals surface area contributed by atoms with Crippen molar-refractivity contribution >= 4 is 12.0 Å². The minimum Gasteiger partial charge on any atom is -0.399 e. The Bertz CT molecular complexity index is 575. The number of benzene rings is 2. The van der Waals surface area contributed by atoms with Gasteiger partial charge in [-0.1, -0.05) is 30.3 Å². The van der Waals surface area contributed by atoms with Crippen LogP contribution in [0.25, 0.3) is 11.1 Å². The van der Waals surface area contributed by atoms with Crippen molar-refractivity contribution in [3.63, 3.8) is 0 Å². The molecule has 2 nitrogen and oxygen atoms in total. The zero-order chi connectivity index (χ0) is 11.1. The van der Waals surface area contributed by atoms with Crippen LogP contribution in [0.2, 0.25) is 0 Å². The maximum atomic E-state index is 11.2. The number of carbonyl (C=O) groups excluding carboxylic acids is 1. The zero-order valence-electron chi connectivity index (χ0n) is 8.68. The van der Waals surface area contributed by atoms with Crippen LogP contribution < -0.4 is 5.73 Å². The molecule has 2 N–H and O–H groups in total. The molecule has 0 amide bonds. The van der Waals surface area contributed by atoms with E-state index in [2.05, 4.69) is 0 Å². The molecule has 0 heterocycles. The minimum absolute atomic E-state index is 0.158. The Morgan fingerprint density at radius 2 is 1.75 bits per heavy atom. The molecule has 0 fully saturated rings. The summed E-state index contributed by atoms with van der Waals surface area (Å²) in [5.41, 5.74) is 10.9. The highest BCUT2D eigenvalue weighted by Gasteiger charge is 2.27. The highest BCUT2D eigenvalue weighted by molar-refractivity contribution is 5.88. The number of carbonyl (C=O) groups is 1. The van der Waals surface area contributed by atoms with E-state index in [0.717, 1.165) is 28.5 Å². The average Bonchev–Trinajstić information content (AvgIpc) is 2.61. The Kier molecular flexibility index (Phi) is 1.83. The van der Waals surface area contributed by atoms with E-state index in [1.54, 1.807) is 0 Å². The van der Waals surface area contributed by atoms with E-state index in [4.69, 9.17) is 5.73 Å². The van der Waals surface area contributed by atoms with Crippen LogP contribution in [0, 0.1) is 0 Å². The first-order valence-corrected chi connectivity index (χ1v) is 5.25. The Morgan fingerprint density at radius 3 is 2.56 bits per heavy atom. The van der Waals surface area contributed by atoms with Crippen LogP contribution in [0.15, 0.2) is 42.5 Å². The van der Waals surface area contributed by atoms with Crippen LogP contribution in [0.1, 0.15) is 17.0 Å². The Morgan fingerprint density at radius 1 is 1.00 bits per heavy atom. The van der Waals surface area contributed by atoms with Crippen LogP contribution in [-0.2, 0) is 4.79 Å². The van der Waals surface area contributed by atoms with Crippen LogP contribution in [0.4, 0.5) is 5.69 Å². The summed E-state index contributed by atoms with van der Waals surface area (Å²) in [6.07, 6.45) is 0.990. The van der Waals surface area contributed by atoms with Crippen molar-refractivity contribution < 1.29 is 4.79 Å². The Labute approximate surface area is 93.7 Å². The summed E-state index contributed by atoms with van der Waals surface area (Å²) in [6, 6.07) is 13.8. The van der Waals surface area contributed by atoms with Gasteiger partial charge in [0.1, 0.15) is 6.29 Å². The lowest BCUT2D eigenvalue weighted by Crippen LogP contribution is -1.98. The number of rotatable bonds is 1. The molecule has 0 saturated heterocycles. The van der Waals surface area contributed by atoms with Gasteiger partial charge in [-0.05, 0) is 34.4 Å². The van der Waals surface area contributed by atoms with Crippen molar-refractivity contribution in [2.24, 2.45) is 0 Å². The van der Waals surface area contributed by atoms with Crippen LogP contribution in [-0.4, -0.2) is 6.29 Å². The SMILES string of the molecule is Nc1ccc2c(c1)C(C=O)c1ccccc1-2. The second-order valence-corrected chi connectivity index (χ2v) is 4.05. The highest BCUT2D eigenvalue weighted by Crippen LogP contribution is 2.44. The molecule has 1 aliphatic rings. The molecule has 2 aromatic rings. The number of anilines is 1. The molecule has 2 heteroatoms.